The van der Waals surface area contributed by atoms with Gasteiger partial charge in [0.2, 0.25) is 0 Å². The molecule has 5 nitrogen and oxygen atoms in total. The molecule has 0 bridgehead atoms. The number of ether oxygens (including phenoxy) is 1. The highest BCUT2D eigenvalue weighted by Crippen LogP contribution is 2.29. The average molecular weight is 350 g/mol. The fraction of sp³-hybridized carbons (Fsp3) is 0.286. The third-order valence-electron chi connectivity index (χ3n) is 4.82. The van der Waals surface area contributed by atoms with E-state index in [9.17, 15) is 0 Å². The number of hydrogen-bond donors (Lipinski definition) is 1. The van der Waals surface area contributed by atoms with Crippen LogP contribution in [0.5, 0.6) is 5.75 Å². The second kappa shape index (κ2) is 7.22. The lowest BCUT2D eigenvalue weighted by atomic mass is 10.1. The Morgan fingerprint density at radius 2 is 1.81 bits per heavy atom. The van der Waals surface area contributed by atoms with E-state index in [-0.39, 0.29) is 0 Å². The van der Waals surface area contributed by atoms with Gasteiger partial charge in [-0.05, 0) is 68.7 Å². The van der Waals surface area contributed by atoms with Crippen LogP contribution in [0, 0.1) is 27.7 Å². The molecule has 0 aliphatic heterocycles. The molecule has 0 aliphatic rings. The predicted molar refractivity (Wildman–Crippen MR) is 106 cm³/mol. The van der Waals surface area contributed by atoms with E-state index in [2.05, 4.69) is 38.0 Å². The van der Waals surface area contributed by atoms with Crippen LogP contribution in [0.1, 0.15) is 27.9 Å². The van der Waals surface area contributed by atoms with Gasteiger partial charge >= 0.3 is 0 Å². The Morgan fingerprint density at radius 1 is 1.04 bits per heavy atom. The van der Waals surface area contributed by atoms with Crippen LogP contribution in [0.2, 0.25) is 0 Å². The summed E-state index contributed by atoms with van der Waals surface area (Å²) < 4.78 is 8.07. The minimum absolute atomic E-state index is 0.476. The van der Waals surface area contributed by atoms with Crippen LogP contribution >= 0.6 is 0 Å². The molecule has 0 radical (unpaired) electrons. The van der Waals surface area contributed by atoms with E-state index >= 15 is 0 Å². The minimum atomic E-state index is 0.476. The van der Waals surface area contributed by atoms with Crippen molar-refractivity contribution in [2.45, 2.75) is 34.3 Å². The van der Waals surface area contributed by atoms with E-state index in [1.807, 2.05) is 49.1 Å². The molecule has 2 aromatic carbocycles. The highest BCUT2D eigenvalue weighted by Gasteiger charge is 2.12. The molecule has 0 unspecified atom stereocenters. The number of hydrazine groups is 1. The van der Waals surface area contributed by atoms with Crippen molar-refractivity contribution in [3.63, 3.8) is 0 Å². The Bertz CT molecular complexity index is 928. The third kappa shape index (κ3) is 3.44. The quantitative estimate of drug-likeness (QED) is 0.558. The van der Waals surface area contributed by atoms with Crippen LogP contribution in [-0.4, -0.2) is 16.8 Å². The van der Waals surface area contributed by atoms with Crippen LogP contribution in [0.15, 0.2) is 42.6 Å². The predicted octanol–water partition coefficient (Wildman–Crippen LogP) is 3.99. The maximum absolute atomic E-state index is 6.16. The van der Waals surface area contributed by atoms with Gasteiger partial charge in [0, 0.05) is 18.8 Å². The fourth-order valence-corrected chi connectivity index (χ4v) is 3.09. The van der Waals surface area contributed by atoms with Gasteiger partial charge in [-0.25, -0.2) is 10.5 Å². The summed E-state index contributed by atoms with van der Waals surface area (Å²) in [6, 6.07) is 12.2. The Hall–Kier alpha value is -2.79. The summed E-state index contributed by atoms with van der Waals surface area (Å²) in [6.45, 7) is 8.72. The number of rotatable bonds is 5. The number of nitrogens with two attached hydrogens (primary N) is 1. The van der Waals surface area contributed by atoms with E-state index in [0.29, 0.717) is 6.61 Å². The molecule has 1 heterocycles. The van der Waals surface area contributed by atoms with Crippen molar-refractivity contribution in [2.75, 3.05) is 12.1 Å². The zero-order chi connectivity index (χ0) is 18.8. The smallest absolute Gasteiger partial charge is 0.123 e. The molecule has 1 aromatic heterocycles. The molecular formula is C21H26N4O. The number of nitrogens with zero attached hydrogens (tertiary/aromatic N) is 3. The Balaban J connectivity index is 1.87. The first kappa shape index (κ1) is 18.0. The molecule has 5 heteroatoms. The average Bonchev–Trinajstić information content (AvgIpc) is 3.03. The Labute approximate surface area is 155 Å². The molecule has 0 saturated carbocycles. The Kier molecular flexibility index (Phi) is 5.00. The zero-order valence-electron chi connectivity index (χ0n) is 16.1. The van der Waals surface area contributed by atoms with Gasteiger partial charge in [-0.15, -0.1) is 0 Å². The Morgan fingerprint density at radius 3 is 2.46 bits per heavy atom. The second-order valence-electron chi connectivity index (χ2n) is 6.71. The summed E-state index contributed by atoms with van der Waals surface area (Å²) in [5, 5.41) is 6.14. The van der Waals surface area contributed by atoms with Crippen LogP contribution in [-0.2, 0) is 6.61 Å². The van der Waals surface area contributed by atoms with E-state index < -0.39 is 0 Å². The van der Waals surface area contributed by atoms with Gasteiger partial charge in [-0.2, -0.15) is 5.10 Å². The van der Waals surface area contributed by atoms with Gasteiger partial charge in [0.1, 0.15) is 12.4 Å². The lowest BCUT2D eigenvalue weighted by molar-refractivity contribution is 0.303. The van der Waals surface area contributed by atoms with Gasteiger partial charge in [0.15, 0.2) is 0 Å². The highest BCUT2D eigenvalue weighted by molar-refractivity contribution is 5.55. The molecule has 0 atom stereocenters. The summed E-state index contributed by atoms with van der Waals surface area (Å²) in [5.41, 5.74) is 7.59. The zero-order valence-corrected chi connectivity index (χ0v) is 16.1. The van der Waals surface area contributed by atoms with Gasteiger partial charge in [0.05, 0.1) is 17.1 Å². The first-order valence-corrected chi connectivity index (χ1v) is 8.71. The van der Waals surface area contributed by atoms with Crippen molar-refractivity contribution in [2.24, 2.45) is 5.84 Å². The van der Waals surface area contributed by atoms with Crippen molar-refractivity contribution in [3.8, 4) is 11.4 Å². The SMILES string of the molecule is Cc1ccn(-c2ccc(OCc3c(C)cccc3N(C)N)c(C)c2C)n1. The van der Waals surface area contributed by atoms with E-state index in [1.165, 1.54) is 0 Å². The molecule has 136 valence electrons. The molecule has 2 N–H and O–H groups in total. The monoisotopic (exact) mass is 350 g/mol. The van der Waals surface area contributed by atoms with Crippen molar-refractivity contribution < 1.29 is 4.74 Å². The number of anilines is 1. The number of aromatic nitrogens is 2. The molecule has 3 aromatic rings. The summed E-state index contributed by atoms with van der Waals surface area (Å²) in [5.74, 6) is 6.84. The fourth-order valence-electron chi connectivity index (χ4n) is 3.09. The molecule has 0 fully saturated rings. The lowest BCUT2D eigenvalue weighted by Gasteiger charge is -2.20. The van der Waals surface area contributed by atoms with Crippen LogP contribution in [0.25, 0.3) is 5.69 Å². The van der Waals surface area contributed by atoms with E-state index in [0.717, 1.165) is 45.1 Å². The summed E-state index contributed by atoms with van der Waals surface area (Å²) in [4.78, 5) is 0. The molecular weight excluding hydrogens is 324 g/mol. The van der Waals surface area contributed by atoms with E-state index in [1.54, 1.807) is 5.01 Å². The molecule has 0 saturated heterocycles. The van der Waals surface area contributed by atoms with Crippen molar-refractivity contribution in [1.82, 2.24) is 9.78 Å². The third-order valence-corrected chi connectivity index (χ3v) is 4.82. The number of aryl methyl sites for hydroxylation is 2. The molecule has 0 spiro atoms. The van der Waals surface area contributed by atoms with Crippen molar-refractivity contribution >= 4 is 5.69 Å². The van der Waals surface area contributed by atoms with Gasteiger partial charge in [-0.1, -0.05) is 12.1 Å². The van der Waals surface area contributed by atoms with E-state index in [4.69, 9.17) is 10.6 Å². The maximum atomic E-state index is 6.16. The maximum Gasteiger partial charge on any atom is 0.123 e. The van der Waals surface area contributed by atoms with Crippen LogP contribution < -0.4 is 15.6 Å². The van der Waals surface area contributed by atoms with Crippen molar-refractivity contribution in [1.29, 1.82) is 0 Å². The largest absolute Gasteiger partial charge is 0.489 e. The molecule has 0 aliphatic carbocycles. The summed E-state index contributed by atoms with van der Waals surface area (Å²) >= 11 is 0. The minimum Gasteiger partial charge on any atom is -0.489 e. The number of hydrogen-bond acceptors (Lipinski definition) is 4. The topological polar surface area (TPSA) is 56.3 Å². The standard InChI is InChI=1S/C21H26N4O/c1-14-7-6-8-20(24(5)22)18(14)13-26-21-10-9-19(16(3)17(21)4)25-12-11-15(2)23-25/h6-12H,13,22H2,1-5H3. The second-order valence-corrected chi connectivity index (χ2v) is 6.71. The first-order chi connectivity index (χ1) is 12.4. The highest BCUT2D eigenvalue weighted by atomic mass is 16.5. The first-order valence-electron chi connectivity index (χ1n) is 8.71. The normalized spacial score (nSPS) is 10.8. The summed E-state index contributed by atoms with van der Waals surface area (Å²) in [6.07, 6.45) is 1.98. The van der Waals surface area contributed by atoms with Crippen molar-refractivity contribution in [3.05, 3.63) is 70.5 Å². The van der Waals surface area contributed by atoms with Crippen LogP contribution in [0.4, 0.5) is 5.69 Å². The summed E-state index contributed by atoms with van der Waals surface area (Å²) in [7, 11) is 1.84. The van der Waals surface area contributed by atoms with Gasteiger partial charge in [0.25, 0.3) is 0 Å². The van der Waals surface area contributed by atoms with Gasteiger partial charge < -0.3 is 9.75 Å². The van der Waals surface area contributed by atoms with Gasteiger partial charge in [-0.3, -0.25) is 0 Å². The van der Waals surface area contributed by atoms with Crippen LogP contribution in [0.3, 0.4) is 0 Å². The molecule has 3 rings (SSSR count). The lowest BCUT2D eigenvalue weighted by Crippen LogP contribution is -2.26. The number of benzene rings is 2. The molecule has 26 heavy (non-hydrogen) atoms. The molecule has 0 amide bonds.